The Labute approximate surface area is 96.1 Å². The van der Waals surface area contributed by atoms with Crippen LogP contribution in [0.5, 0.6) is 5.75 Å². The van der Waals surface area contributed by atoms with Crippen molar-refractivity contribution >= 4 is 0 Å². The second-order valence-corrected chi connectivity index (χ2v) is 4.47. The number of hydrogen-bond acceptors (Lipinski definition) is 3. The summed E-state index contributed by atoms with van der Waals surface area (Å²) in [6.45, 7) is 0.0985. The van der Waals surface area contributed by atoms with E-state index in [1.165, 1.54) is 25.7 Å². The zero-order chi connectivity index (χ0) is 11.4. The van der Waals surface area contributed by atoms with E-state index in [9.17, 15) is 10.2 Å². The van der Waals surface area contributed by atoms with Gasteiger partial charge in [-0.3, -0.25) is 0 Å². The highest BCUT2D eigenvalue weighted by atomic mass is 16.3. The van der Waals surface area contributed by atoms with E-state index in [0.29, 0.717) is 6.04 Å². The number of nitrogens with one attached hydrogen (secondary N) is 1. The van der Waals surface area contributed by atoms with Gasteiger partial charge in [0, 0.05) is 6.04 Å². The summed E-state index contributed by atoms with van der Waals surface area (Å²) in [4.78, 5) is 0. The molecule has 3 N–H and O–H groups in total. The van der Waals surface area contributed by atoms with Crippen molar-refractivity contribution in [2.75, 3.05) is 6.61 Å². The Hall–Kier alpha value is -1.06. The van der Waals surface area contributed by atoms with Crippen molar-refractivity contribution in [1.29, 1.82) is 0 Å². The van der Waals surface area contributed by atoms with Gasteiger partial charge in [-0.1, -0.05) is 25.0 Å². The molecule has 1 saturated carbocycles. The molecule has 88 valence electrons. The first-order valence-electron chi connectivity index (χ1n) is 5.95. The molecule has 0 aromatic heterocycles. The Kier molecular flexibility index (Phi) is 3.80. The predicted octanol–water partition coefficient (Wildman–Crippen LogP) is 1.96. The minimum absolute atomic E-state index is 0.0105. The molecule has 0 radical (unpaired) electrons. The number of hydrogen-bond donors (Lipinski definition) is 3. The molecule has 0 bridgehead atoms. The quantitative estimate of drug-likeness (QED) is 0.728. The van der Waals surface area contributed by atoms with Crippen LogP contribution in [0.2, 0.25) is 0 Å². The summed E-state index contributed by atoms with van der Waals surface area (Å²) in [6.07, 6.45) is 4.97. The Morgan fingerprint density at radius 2 is 1.81 bits per heavy atom. The summed E-state index contributed by atoms with van der Waals surface area (Å²) in [5.74, 6) is 0.265. The van der Waals surface area contributed by atoms with Crippen molar-refractivity contribution in [3.63, 3.8) is 0 Å². The van der Waals surface area contributed by atoms with Gasteiger partial charge in [0.05, 0.1) is 12.6 Å². The maximum Gasteiger partial charge on any atom is 0.115 e. The maximum absolute atomic E-state index is 9.38. The number of benzene rings is 1. The van der Waals surface area contributed by atoms with Crippen LogP contribution in [0.4, 0.5) is 0 Å². The Balaban J connectivity index is 2.00. The molecule has 0 saturated heterocycles. The summed E-state index contributed by atoms with van der Waals surface area (Å²) >= 11 is 0. The smallest absolute Gasteiger partial charge is 0.115 e. The Bertz CT molecular complexity index is 317. The number of aliphatic hydroxyl groups excluding tert-OH is 1. The van der Waals surface area contributed by atoms with E-state index in [-0.39, 0.29) is 18.4 Å². The fourth-order valence-corrected chi connectivity index (χ4v) is 2.34. The molecular weight excluding hydrogens is 202 g/mol. The molecule has 16 heavy (non-hydrogen) atoms. The average molecular weight is 221 g/mol. The van der Waals surface area contributed by atoms with Gasteiger partial charge in [0.2, 0.25) is 0 Å². The molecule has 0 spiro atoms. The molecule has 1 aromatic rings. The molecule has 1 atom stereocenters. The summed E-state index contributed by atoms with van der Waals surface area (Å²) in [5, 5.41) is 22.1. The minimum Gasteiger partial charge on any atom is -0.508 e. The van der Waals surface area contributed by atoms with E-state index >= 15 is 0 Å². The van der Waals surface area contributed by atoms with Crippen molar-refractivity contribution in [3.8, 4) is 5.75 Å². The van der Waals surface area contributed by atoms with Gasteiger partial charge in [0.1, 0.15) is 5.75 Å². The van der Waals surface area contributed by atoms with Gasteiger partial charge < -0.3 is 15.5 Å². The molecule has 2 rings (SSSR count). The van der Waals surface area contributed by atoms with Crippen LogP contribution in [-0.4, -0.2) is 22.9 Å². The number of rotatable bonds is 4. The van der Waals surface area contributed by atoms with E-state index in [4.69, 9.17) is 0 Å². The van der Waals surface area contributed by atoms with Crippen LogP contribution in [0, 0.1) is 0 Å². The third-order valence-corrected chi connectivity index (χ3v) is 3.27. The SMILES string of the molecule is OCC(NC1CCCC1)c1ccc(O)cc1. The van der Waals surface area contributed by atoms with Gasteiger partial charge in [-0.2, -0.15) is 0 Å². The third-order valence-electron chi connectivity index (χ3n) is 3.27. The zero-order valence-corrected chi connectivity index (χ0v) is 9.39. The number of aromatic hydroxyl groups is 1. The lowest BCUT2D eigenvalue weighted by atomic mass is 10.1. The molecule has 1 aromatic carbocycles. The number of phenolic OH excluding ortho intramolecular Hbond substituents is 1. The van der Waals surface area contributed by atoms with E-state index in [2.05, 4.69) is 5.32 Å². The largest absolute Gasteiger partial charge is 0.508 e. The highest BCUT2D eigenvalue weighted by Crippen LogP contribution is 2.23. The monoisotopic (exact) mass is 221 g/mol. The Morgan fingerprint density at radius 3 is 2.38 bits per heavy atom. The second kappa shape index (κ2) is 5.32. The van der Waals surface area contributed by atoms with Gasteiger partial charge in [-0.25, -0.2) is 0 Å². The van der Waals surface area contributed by atoms with Crippen LogP contribution >= 0.6 is 0 Å². The lowest BCUT2D eigenvalue weighted by molar-refractivity contribution is 0.233. The van der Waals surface area contributed by atoms with Crippen LogP contribution in [0.3, 0.4) is 0 Å². The molecular formula is C13H19NO2. The molecule has 1 aliphatic rings. The van der Waals surface area contributed by atoms with Gasteiger partial charge in [0.25, 0.3) is 0 Å². The van der Waals surface area contributed by atoms with Crippen LogP contribution in [0.1, 0.15) is 37.3 Å². The lowest BCUT2D eigenvalue weighted by Crippen LogP contribution is -2.32. The summed E-state index contributed by atoms with van der Waals surface area (Å²) < 4.78 is 0. The van der Waals surface area contributed by atoms with Crippen molar-refractivity contribution in [2.45, 2.75) is 37.8 Å². The van der Waals surface area contributed by atoms with Crippen molar-refractivity contribution in [1.82, 2.24) is 5.32 Å². The first kappa shape index (κ1) is 11.4. The Morgan fingerprint density at radius 1 is 1.19 bits per heavy atom. The van der Waals surface area contributed by atoms with Crippen molar-refractivity contribution in [3.05, 3.63) is 29.8 Å². The molecule has 0 heterocycles. The topological polar surface area (TPSA) is 52.5 Å². The van der Waals surface area contributed by atoms with E-state index in [1.807, 2.05) is 12.1 Å². The van der Waals surface area contributed by atoms with E-state index < -0.39 is 0 Å². The van der Waals surface area contributed by atoms with E-state index in [0.717, 1.165) is 5.56 Å². The fourth-order valence-electron chi connectivity index (χ4n) is 2.34. The third kappa shape index (κ3) is 2.74. The van der Waals surface area contributed by atoms with Crippen LogP contribution < -0.4 is 5.32 Å². The fraction of sp³-hybridized carbons (Fsp3) is 0.538. The average Bonchev–Trinajstić information content (AvgIpc) is 2.80. The maximum atomic E-state index is 9.38. The van der Waals surface area contributed by atoms with Crippen molar-refractivity contribution in [2.24, 2.45) is 0 Å². The van der Waals surface area contributed by atoms with Crippen LogP contribution in [0.15, 0.2) is 24.3 Å². The number of phenols is 1. The normalized spacial score (nSPS) is 18.8. The standard InChI is InChI=1S/C13H19NO2/c15-9-13(14-11-3-1-2-4-11)10-5-7-12(16)8-6-10/h5-8,11,13-16H,1-4,9H2. The highest BCUT2D eigenvalue weighted by molar-refractivity contribution is 5.28. The summed E-state index contributed by atoms with van der Waals surface area (Å²) in [5.41, 5.74) is 1.03. The zero-order valence-electron chi connectivity index (χ0n) is 9.39. The van der Waals surface area contributed by atoms with Gasteiger partial charge >= 0.3 is 0 Å². The first-order chi connectivity index (χ1) is 7.79. The van der Waals surface area contributed by atoms with Crippen LogP contribution in [-0.2, 0) is 0 Å². The molecule has 0 amide bonds. The minimum atomic E-state index is -0.0105. The lowest BCUT2D eigenvalue weighted by Gasteiger charge is -2.21. The van der Waals surface area contributed by atoms with Gasteiger partial charge in [-0.15, -0.1) is 0 Å². The molecule has 3 heteroatoms. The molecule has 1 aliphatic carbocycles. The van der Waals surface area contributed by atoms with Gasteiger partial charge in [0.15, 0.2) is 0 Å². The van der Waals surface area contributed by atoms with Crippen LogP contribution in [0.25, 0.3) is 0 Å². The number of aliphatic hydroxyl groups is 1. The summed E-state index contributed by atoms with van der Waals surface area (Å²) in [7, 11) is 0. The van der Waals surface area contributed by atoms with Crippen molar-refractivity contribution < 1.29 is 10.2 Å². The first-order valence-corrected chi connectivity index (χ1v) is 5.95. The predicted molar refractivity (Wildman–Crippen MR) is 63.3 cm³/mol. The second-order valence-electron chi connectivity index (χ2n) is 4.47. The molecule has 3 nitrogen and oxygen atoms in total. The highest BCUT2D eigenvalue weighted by Gasteiger charge is 2.19. The van der Waals surface area contributed by atoms with Gasteiger partial charge in [-0.05, 0) is 30.5 Å². The summed E-state index contributed by atoms with van der Waals surface area (Å²) in [6, 6.07) is 7.56. The molecule has 1 fully saturated rings. The van der Waals surface area contributed by atoms with E-state index in [1.54, 1.807) is 12.1 Å². The molecule has 0 aliphatic heterocycles. The molecule has 1 unspecified atom stereocenters.